The quantitative estimate of drug-likeness (QED) is 0.467. The molecule has 146 valence electrons. The normalized spacial score (nSPS) is 11.5. The van der Waals surface area contributed by atoms with Gasteiger partial charge in [0.1, 0.15) is 5.82 Å². The van der Waals surface area contributed by atoms with Gasteiger partial charge in [-0.05, 0) is 42.5 Å². The number of benzene rings is 2. The molecule has 11 heteroatoms. The van der Waals surface area contributed by atoms with Crippen molar-refractivity contribution in [3.63, 3.8) is 0 Å². The average molecular weight is 431 g/mol. The summed E-state index contributed by atoms with van der Waals surface area (Å²) in [5.41, 5.74) is -1.09. The number of aromatic nitrogens is 3. The van der Waals surface area contributed by atoms with Crippen LogP contribution in [-0.2, 0) is 12.7 Å². The van der Waals surface area contributed by atoms with E-state index in [2.05, 4.69) is 15.5 Å². The van der Waals surface area contributed by atoms with Gasteiger partial charge in [0.15, 0.2) is 10.6 Å². The topological polar surface area (TPSA) is 62.7 Å². The van der Waals surface area contributed by atoms with Gasteiger partial charge < -0.3 is 5.32 Å². The Hall–Kier alpha value is -2.72. The number of amides is 1. The van der Waals surface area contributed by atoms with Gasteiger partial charge in [-0.3, -0.25) is 14.5 Å². The van der Waals surface area contributed by atoms with Gasteiger partial charge in [-0.1, -0.05) is 23.7 Å². The summed E-state index contributed by atoms with van der Waals surface area (Å²) < 4.78 is 54.0. The lowest BCUT2D eigenvalue weighted by molar-refractivity contribution is -0.137. The Bertz CT molecular complexity index is 1070. The Labute approximate surface area is 166 Å². The molecule has 1 amide bonds. The molecule has 0 atom stereocenters. The smallest absolute Gasteiger partial charge is 0.345 e. The average Bonchev–Trinajstić information content (AvgIpc) is 3.00. The molecule has 2 N–H and O–H groups in total. The molecule has 0 aliphatic heterocycles. The number of alkyl halides is 3. The first-order valence-corrected chi connectivity index (χ1v) is 8.53. The van der Waals surface area contributed by atoms with Gasteiger partial charge in [0.25, 0.3) is 5.91 Å². The van der Waals surface area contributed by atoms with Crippen molar-refractivity contribution in [1.29, 1.82) is 0 Å². The van der Waals surface area contributed by atoms with Crippen LogP contribution in [0.4, 0.5) is 17.6 Å². The Morgan fingerprint density at radius 2 is 1.96 bits per heavy atom. The molecule has 0 fully saturated rings. The first-order valence-electron chi connectivity index (χ1n) is 7.74. The van der Waals surface area contributed by atoms with E-state index in [0.717, 1.165) is 18.2 Å². The molecule has 28 heavy (non-hydrogen) atoms. The van der Waals surface area contributed by atoms with Crippen molar-refractivity contribution < 1.29 is 22.4 Å². The van der Waals surface area contributed by atoms with E-state index in [4.69, 9.17) is 23.8 Å². The van der Waals surface area contributed by atoms with Gasteiger partial charge in [0, 0.05) is 0 Å². The van der Waals surface area contributed by atoms with Gasteiger partial charge in [-0.2, -0.15) is 18.3 Å². The monoisotopic (exact) mass is 430 g/mol. The molecule has 1 aromatic heterocycles. The number of rotatable bonds is 4. The number of hydrogen-bond donors (Lipinski definition) is 2. The molecule has 1 heterocycles. The van der Waals surface area contributed by atoms with E-state index < -0.39 is 23.5 Å². The standard InChI is InChI=1S/C17H11ClF4N4OS/c18-11-5-2-6-12(19)14(11)15(27)23-8-13-24-25-16(28)26(13)10-4-1-3-9(7-10)17(20,21)22/h1-7H,8H2,(H,23,27)(H,25,28). The summed E-state index contributed by atoms with van der Waals surface area (Å²) in [6.07, 6.45) is -4.53. The van der Waals surface area contributed by atoms with Crippen molar-refractivity contribution in [3.05, 3.63) is 75.0 Å². The number of carbonyl (C=O) groups is 1. The van der Waals surface area contributed by atoms with Gasteiger partial charge in [-0.15, -0.1) is 0 Å². The number of nitrogens with zero attached hydrogens (tertiary/aromatic N) is 2. The highest BCUT2D eigenvalue weighted by Gasteiger charge is 2.30. The van der Waals surface area contributed by atoms with Crippen molar-refractivity contribution in [2.24, 2.45) is 0 Å². The largest absolute Gasteiger partial charge is 0.416 e. The molecule has 0 spiro atoms. The predicted molar refractivity (Wildman–Crippen MR) is 96.3 cm³/mol. The van der Waals surface area contributed by atoms with Crippen LogP contribution in [0.1, 0.15) is 21.7 Å². The summed E-state index contributed by atoms with van der Waals surface area (Å²) in [7, 11) is 0. The zero-order valence-corrected chi connectivity index (χ0v) is 15.4. The Kier molecular flexibility index (Phi) is 5.52. The molecular weight excluding hydrogens is 420 g/mol. The third kappa shape index (κ3) is 4.07. The summed E-state index contributed by atoms with van der Waals surface area (Å²) in [4.78, 5) is 12.2. The van der Waals surface area contributed by atoms with Crippen LogP contribution < -0.4 is 5.32 Å². The Morgan fingerprint density at radius 3 is 2.64 bits per heavy atom. The van der Waals surface area contributed by atoms with Crippen molar-refractivity contribution in [2.75, 3.05) is 0 Å². The third-order valence-corrected chi connectivity index (χ3v) is 4.36. The summed E-state index contributed by atoms with van der Waals surface area (Å²) in [6.45, 7) is -0.229. The van der Waals surface area contributed by atoms with Gasteiger partial charge >= 0.3 is 6.18 Å². The zero-order chi connectivity index (χ0) is 20.5. The second kappa shape index (κ2) is 7.72. The molecule has 0 bridgehead atoms. The maximum Gasteiger partial charge on any atom is 0.416 e. The number of halogens is 5. The Morgan fingerprint density at radius 1 is 1.25 bits per heavy atom. The molecule has 3 aromatic rings. The van der Waals surface area contributed by atoms with Gasteiger partial charge in [-0.25, -0.2) is 4.39 Å². The van der Waals surface area contributed by atoms with E-state index in [0.29, 0.717) is 0 Å². The van der Waals surface area contributed by atoms with Crippen molar-refractivity contribution in [2.45, 2.75) is 12.7 Å². The lowest BCUT2D eigenvalue weighted by atomic mass is 10.2. The minimum atomic E-state index is -4.53. The lowest BCUT2D eigenvalue weighted by Gasteiger charge is -2.12. The number of aromatic amines is 1. The molecule has 0 saturated carbocycles. The number of H-pyrrole nitrogens is 1. The second-order valence-electron chi connectivity index (χ2n) is 5.61. The minimum Gasteiger partial charge on any atom is -0.345 e. The highest BCUT2D eigenvalue weighted by atomic mass is 35.5. The van der Waals surface area contributed by atoms with E-state index in [1.807, 2.05) is 0 Å². The molecule has 0 aliphatic carbocycles. The number of nitrogens with one attached hydrogen (secondary N) is 2. The van der Waals surface area contributed by atoms with Crippen LogP contribution in [0.5, 0.6) is 0 Å². The maximum atomic E-state index is 13.8. The van der Waals surface area contributed by atoms with Crippen LogP contribution in [-0.4, -0.2) is 20.7 Å². The summed E-state index contributed by atoms with van der Waals surface area (Å²) in [5.74, 6) is -1.47. The van der Waals surface area contributed by atoms with E-state index in [9.17, 15) is 22.4 Å². The highest BCUT2D eigenvalue weighted by molar-refractivity contribution is 7.71. The van der Waals surface area contributed by atoms with Crippen molar-refractivity contribution >= 4 is 29.7 Å². The molecule has 0 aliphatic rings. The van der Waals surface area contributed by atoms with Crippen molar-refractivity contribution in [3.8, 4) is 5.69 Å². The van der Waals surface area contributed by atoms with Crippen molar-refractivity contribution in [1.82, 2.24) is 20.1 Å². The molecular formula is C17H11ClF4N4OS. The summed E-state index contributed by atoms with van der Waals surface area (Å²) in [5, 5.41) is 8.74. The van der Waals surface area contributed by atoms with Crippen LogP contribution in [0.15, 0.2) is 42.5 Å². The fourth-order valence-electron chi connectivity index (χ4n) is 2.50. The first kappa shape index (κ1) is 20.0. The third-order valence-electron chi connectivity index (χ3n) is 3.77. The maximum absolute atomic E-state index is 13.8. The lowest BCUT2D eigenvalue weighted by Crippen LogP contribution is -2.26. The van der Waals surface area contributed by atoms with Crippen LogP contribution in [0.2, 0.25) is 5.02 Å². The van der Waals surface area contributed by atoms with E-state index >= 15 is 0 Å². The summed E-state index contributed by atoms with van der Waals surface area (Å²) in [6, 6.07) is 8.28. The van der Waals surface area contributed by atoms with E-state index in [1.54, 1.807) is 0 Å². The van der Waals surface area contributed by atoms with Gasteiger partial charge in [0.2, 0.25) is 0 Å². The zero-order valence-electron chi connectivity index (χ0n) is 13.8. The molecule has 5 nitrogen and oxygen atoms in total. The van der Waals surface area contributed by atoms with Crippen LogP contribution >= 0.6 is 23.8 Å². The van der Waals surface area contributed by atoms with Crippen LogP contribution in [0.3, 0.4) is 0 Å². The van der Waals surface area contributed by atoms with Crippen LogP contribution in [0, 0.1) is 10.6 Å². The molecule has 0 saturated heterocycles. The molecule has 2 aromatic carbocycles. The number of carbonyl (C=O) groups excluding carboxylic acids is 1. The molecule has 0 unspecified atom stereocenters. The fraction of sp³-hybridized carbons (Fsp3) is 0.118. The second-order valence-corrected chi connectivity index (χ2v) is 6.40. The van der Waals surface area contributed by atoms with Gasteiger partial charge in [0.05, 0.1) is 28.4 Å². The molecule has 0 radical (unpaired) electrons. The Balaban J connectivity index is 1.89. The van der Waals surface area contributed by atoms with E-state index in [-0.39, 0.29) is 33.4 Å². The predicted octanol–water partition coefficient (Wildman–Crippen LogP) is 4.67. The minimum absolute atomic E-state index is 0.0347. The first-order chi connectivity index (χ1) is 13.2. The number of hydrogen-bond acceptors (Lipinski definition) is 3. The van der Waals surface area contributed by atoms with E-state index in [1.165, 1.54) is 28.8 Å². The summed E-state index contributed by atoms with van der Waals surface area (Å²) >= 11 is 10.9. The SMILES string of the molecule is O=C(NCc1n[nH]c(=S)n1-c1cccc(C(F)(F)F)c1)c1c(F)cccc1Cl. The highest BCUT2D eigenvalue weighted by Crippen LogP contribution is 2.30. The van der Waals surface area contributed by atoms with Crippen LogP contribution in [0.25, 0.3) is 5.69 Å². The fourth-order valence-corrected chi connectivity index (χ4v) is 3.00. The molecule has 3 rings (SSSR count).